The fraction of sp³-hybridized carbons (Fsp3) is 0.517. The standard InChI is InChI=1S/C25H30F2N2O4.2C2H6/c1-17-15-29(24(31)32-17)20-10-11-21(22(27)14-20)19-8-6-18(7-9-19)16-28(13-5-12-26)23(30)33-25(2,3)4;2*1-2/h6-11,14,17H,5,12-13,15-16H2,1-4H3;2*1-2H3. The minimum Gasteiger partial charge on any atom is -0.444 e. The molecule has 6 nitrogen and oxygen atoms in total. The number of ether oxygens (including phenoxy) is 2. The van der Waals surface area contributed by atoms with Gasteiger partial charge in [0.2, 0.25) is 0 Å². The molecular weight excluding hydrogens is 478 g/mol. The summed E-state index contributed by atoms with van der Waals surface area (Å²) in [5.74, 6) is -0.453. The number of cyclic esters (lactones) is 1. The van der Waals surface area contributed by atoms with Crippen molar-refractivity contribution in [2.75, 3.05) is 24.7 Å². The highest BCUT2D eigenvalue weighted by Gasteiger charge is 2.29. The number of carbonyl (C=O) groups excluding carboxylic acids is 2. The van der Waals surface area contributed by atoms with E-state index in [1.54, 1.807) is 64.1 Å². The first-order valence-corrected chi connectivity index (χ1v) is 13.0. The van der Waals surface area contributed by atoms with E-state index in [0.717, 1.165) is 5.56 Å². The van der Waals surface area contributed by atoms with Gasteiger partial charge in [-0.2, -0.15) is 0 Å². The van der Waals surface area contributed by atoms with Crippen molar-refractivity contribution in [2.24, 2.45) is 0 Å². The molecule has 1 fully saturated rings. The molecule has 0 bridgehead atoms. The van der Waals surface area contributed by atoms with Crippen LogP contribution in [0, 0.1) is 5.82 Å². The number of carbonyl (C=O) groups is 2. The lowest BCUT2D eigenvalue weighted by Crippen LogP contribution is -2.37. The van der Waals surface area contributed by atoms with E-state index in [1.165, 1.54) is 15.9 Å². The van der Waals surface area contributed by atoms with Crippen molar-refractivity contribution >= 4 is 17.9 Å². The fourth-order valence-corrected chi connectivity index (χ4v) is 3.54. The van der Waals surface area contributed by atoms with Gasteiger partial charge in [-0.15, -0.1) is 0 Å². The molecule has 1 heterocycles. The van der Waals surface area contributed by atoms with Gasteiger partial charge in [-0.05, 0) is 63.4 Å². The Balaban J connectivity index is 0.00000163. The summed E-state index contributed by atoms with van der Waals surface area (Å²) in [5.41, 5.74) is 1.67. The topological polar surface area (TPSA) is 59.1 Å². The molecule has 0 aliphatic carbocycles. The molecule has 0 radical (unpaired) electrons. The maximum atomic E-state index is 14.8. The minimum atomic E-state index is -0.650. The molecule has 1 atom stereocenters. The zero-order valence-corrected chi connectivity index (χ0v) is 23.4. The molecule has 3 rings (SSSR count). The number of amides is 2. The Labute approximate surface area is 220 Å². The van der Waals surface area contributed by atoms with E-state index in [-0.39, 0.29) is 25.6 Å². The Morgan fingerprint density at radius 3 is 2.22 bits per heavy atom. The van der Waals surface area contributed by atoms with Gasteiger partial charge in [0, 0.05) is 18.7 Å². The second kappa shape index (κ2) is 15.2. The van der Waals surface area contributed by atoms with Crippen LogP contribution in [0.5, 0.6) is 0 Å². The lowest BCUT2D eigenvalue weighted by atomic mass is 10.0. The average Bonchev–Trinajstić information content (AvgIpc) is 3.21. The summed E-state index contributed by atoms with van der Waals surface area (Å²) in [6, 6.07) is 11.8. The molecule has 1 aliphatic heterocycles. The highest BCUT2D eigenvalue weighted by Crippen LogP contribution is 2.29. The third-order valence-corrected chi connectivity index (χ3v) is 5.08. The van der Waals surface area contributed by atoms with Gasteiger partial charge in [0.1, 0.15) is 17.5 Å². The van der Waals surface area contributed by atoms with Crippen LogP contribution in [-0.4, -0.2) is 48.6 Å². The van der Waals surface area contributed by atoms with Crippen molar-refractivity contribution in [3.05, 3.63) is 53.8 Å². The molecule has 2 amide bonds. The van der Waals surface area contributed by atoms with Gasteiger partial charge in [-0.3, -0.25) is 9.29 Å². The molecule has 8 heteroatoms. The number of hydrogen-bond acceptors (Lipinski definition) is 4. The van der Waals surface area contributed by atoms with Crippen molar-refractivity contribution < 1.29 is 27.8 Å². The Hall–Kier alpha value is -3.16. The highest BCUT2D eigenvalue weighted by molar-refractivity contribution is 5.90. The van der Waals surface area contributed by atoms with Gasteiger partial charge in [0.25, 0.3) is 0 Å². The normalized spacial score (nSPS) is 14.6. The van der Waals surface area contributed by atoms with Crippen LogP contribution in [0.2, 0.25) is 0 Å². The number of alkyl halides is 1. The molecule has 37 heavy (non-hydrogen) atoms. The Kier molecular flexibility index (Phi) is 13.1. The molecule has 0 aromatic heterocycles. The van der Waals surface area contributed by atoms with Gasteiger partial charge >= 0.3 is 12.2 Å². The van der Waals surface area contributed by atoms with Crippen LogP contribution in [0.15, 0.2) is 42.5 Å². The minimum absolute atomic E-state index is 0.220. The van der Waals surface area contributed by atoms with Crippen LogP contribution in [0.3, 0.4) is 0 Å². The largest absolute Gasteiger partial charge is 0.444 e. The molecule has 1 saturated heterocycles. The van der Waals surface area contributed by atoms with Crippen LogP contribution < -0.4 is 4.90 Å². The summed E-state index contributed by atoms with van der Waals surface area (Å²) in [5, 5.41) is 0. The number of rotatable bonds is 7. The third kappa shape index (κ3) is 9.67. The van der Waals surface area contributed by atoms with Gasteiger partial charge in [-0.25, -0.2) is 14.0 Å². The SMILES string of the molecule is CC.CC.CC1CN(c2ccc(-c3ccc(CN(CCCF)C(=O)OC(C)(C)C)cc3)c(F)c2)C(=O)O1. The van der Waals surface area contributed by atoms with Crippen LogP contribution >= 0.6 is 0 Å². The van der Waals surface area contributed by atoms with E-state index in [0.29, 0.717) is 23.4 Å². The number of nitrogens with zero attached hydrogens (tertiary/aromatic N) is 2. The predicted molar refractivity (Wildman–Crippen MR) is 145 cm³/mol. The van der Waals surface area contributed by atoms with Crippen molar-refractivity contribution in [3.63, 3.8) is 0 Å². The predicted octanol–water partition coefficient (Wildman–Crippen LogP) is 7.99. The smallest absolute Gasteiger partial charge is 0.414 e. The van der Waals surface area contributed by atoms with E-state index in [2.05, 4.69) is 0 Å². The molecule has 2 aromatic carbocycles. The van der Waals surface area contributed by atoms with Gasteiger partial charge in [0.15, 0.2) is 0 Å². The van der Waals surface area contributed by atoms with Crippen molar-refractivity contribution in [1.29, 1.82) is 0 Å². The van der Waals surface area contributed by atoms with Crippen LogP contribution in [0.25, 0.3) is 11.1 Å². The van der Waals surface area contributed by atoms with Gasteiger partial charge in [0.05, 0.1) is 18.9 Å². The number of anilines is 1. The van der Waals surface area contributed by atoms with E-state index < -0.39 is 30.3 Å². The van der Waals surface area contributed by atoms with Gasteiger partial charge in [-0.1, -0.05) is 52.0 Å². The monoisotopic (exact) mass is 520 g/mol. The van der Waals surface area contributed by atoms with Crippen LogP contribution in [0.1, 0.15) is 67.4 Å². The molecule has 2 aromatic rings. The summed E-state index contributed by atoms with van der Waals surface area (Å²) in [4.78, 5) is 27.2. The van der Waals surface area contributed by atoms with E-state index in [1.807, 2.05) is 27.7 Å². The molecule has 0 N–H and O–H groups in total. The fourth-order valence-electron chi connectivity index (χ4n) is 3.54. The van der Waals surface area contributed by atoms with Crippen molar-refractivity contribution in [1.82, 2.24) is 4.90 Å². The molecule has 206 valence electrons. The second-order valence-electron chi connectivity index (χ2n) is 9.11. The zero-order chi connectivity index (χ0) is 28.2. The highest BCUT2D eigenvalue weighted by atomic mass is 19.1. The Morgan fingerprint density at radius 2 is 1.73 bits per heavy atom. The lowest BCUT2D eigenvalue weighted by Gasteiger charge is -2.27. The molecule has 0 spiro atoms. The quantitative estimate of drug-likeness (QED) is 0.371. The summed E-state index contributed by atoms with van der Waals surface area (Å²) < 4.78 is 38.1. The van der Waals surface area contributed by atoms with E-state index >= 15 is 0 Å². The summed E-state index contributed by atoms with van der Waals surface area (Å²) >= 11 is 0. The Bertz CT molecular complexity index is 990. The van der Waals surface area contributed by atoms with E-state index in [9.17, 15) is 18.4 Å². The number of benzene rings is 2. The van der Waals surface area contributed by atoms with Crippen LogP contribution in [-0.2, 0) is 16.0 Å². The number of hydrogen-bond donors (Lipinski definition) is 0. The second-order valence-corrected chi connectivity index (χ2v) is 9.11. The summed E-state index contributed by atoms with van der Waals surface area (Å²) in [6.07, 6.45) is -1.01. The summed E-state index contributed by atoms with van der Waals surface area (Å²) in [6.45, 7) is 15.5. The van der Waals surface area contributed by atoms with Gasteiger partial charge < -0.3 is 14.4 Å². The lowest BCUT2D eigenvalue weighted by molar-refractivity contribution is 0.0228. The molecule has 0 saturated carbocycles. The first-order valence-electron chi connectivity index (χ1n) is 13.0. The Morgan fingerprint density at radius 1 is 1.11 bits per heavy atom. The van der Waals surface area contributed by atoms with Crippen LogP contribution in [0.4, 0.5) is 24.1 Å². The number of halogens is 2. The molecular formula is C29H42F2N2O4. The first kappa shape index (κ1) is 31.9. The summed E-state index contributed by atoms with van der Waals surface area (Å²) in [7, 11) is 0. The zero-order valence-electron chi connectivity index (χ0n) is 23.4. The molecule has 1 unspecified atom stereocenters. The maximum absolute atomic E-state index is 14.8. The maximum Gasteiger partial charge on any atom is 0.414 e. The first-order chi connectivity index (χ1) is 17.6. The van der Waals surface area contributed by atoms with E-state index in [4.69, 9.17) is 9.47 Å². The van der Waals surface area contributed by atoms with Crippen molar-refractivity contribution in [3.8, 4) is 11.1 Å². The third-order valence-electron chi connectivity index (χ3n) is 5.08. The van der Waals surface area contributed by atoms with Crippen molar-refractivity contribution in [2.45, 2.75) is 80.1 Å². The average molecular weight is 521 g/mol. The molecule has 1 aliphatic rings.